The first kappa shape index (κ1) is 22.2. The van der Waals surface area contributed by atoms with Crippen LogP contribution in [0.1, 0.15) is 36.6 Å². The summed E-state index contributed by atoms with van der Waals surface area (Å²) < 4.78 is 6.15. The van der Waals surface area contributed by atoms with Crippen molar-refractivity contribution in [2.24, 2.45) is 0 Å². The van der Waals surface area contributed by atoms with Gasteiger partial charge in [-0.2, -0.15) is 15.1 Å². The third-order valence-electron chi connectivity index (χ3n) is 6.96. The molecule has 1 saturated carbocycles. The monoisotopic (exact) mass is 492 g/mol. The van der Waals surface area contributed by atoms with Crippen molar-refractivity contribution >= 4 is 40.0 Å². The van der Waals surface area contributed by atoms with E-state index in [2.05, 4.69) is 48.4 Å². The van der Waals surface area contributed by atoms with Crippen LogP contribution in [0.25, 0.3) is 10.9 Å². The number of nitrogens with one attached hydrogen (secondary N) is 3. The van der Waals surface area contributed by atoms with E-state index in [4.69, 9.17) is 21.3 Å². The largest absolute Gasteiger partial charge is 0.423 e. The summed E-state index contributed by atoms with van der Waals surface area (Å²) >= 11 is 6.68. The lowest BCUT2D eigenvalue weighted by molar-refractivity contribution is 0.311. The van der Waals surface area contributed by atoms with E-state index in [0.29, 0.717) is 22.5 Å². The Morgan fingerprint density at radius 1 is 1.06 bits per heavy atom. The summed E-state index contributed by atoms with van der Waals surface area (Å²) in [6.07, 6.45) is 3.71. The highest BCUT2D eigenvalue weighted by atomic mass is 35.5. The fourth-order valence-electron chi connectivity index (χ4n) is 4.65. The Hall–Kier alpha value is -3.30. The van der Waals surface area contributed by atoms with E-state index in [1.54, 1.807) is 0 Å². The number of benzene rings is 1. The Bertz CT molecular complexity index is 1350. The van der Waals surface area contributed by atoms with E-state index in [-0.39, 0.29) is 6.01 Å². The van der Waals surface area contributed by atoms with Gasteiger partial charge in [-0.15, -0.1) is 0 Å². The van der Waals surface area contributed by atoms with Gasteiger partial charge in [-0.25, -0.2) is 0 Å². The fraction of sp³-hybridized carbons (Fsp3) is 0.400. The molecule has 2 fully saturated rings. The summed E-state index contributed by atoms with van der Waals surface area (Å²) in [6.45, 7) is 5.72. The van der Waals surface area contributed by atoms with Crippen molar-refractivity contribution < 1.29 is 4.74 Å². The summed E-state index contributed by atoms with van der Waals surface area (Å²) in [5.41, 5.74) is 3.18. The molecule has 3 N–H and O–H groups in total. The van der Waals surface area contributed by atoms with Gasteiger partial charge >= 0.3 is 6.01 Å². The maximum absolute atomic E-state index is 6.68. The molecule has 9 nitrogen and oxygen atoms in total. The van der Waals surface area contributed by atoms with Crippen LogP contribution >= 0.6 is 11.6 Å². The van der Waals surface area contributed by atoms with Gasteiger partial charge in [-0.1, -0.05) is 18.0 Å². The molecule has 4 heterocycles. The van der Waals surface area contributed by atoms with Gasteiger partial charge < -0.3 is 24.8 Å². The molecule has 0 atom stereocenters. The molecule has 4 aromatic rings. The molecule has 0 bridgehead atoms. The minimum atomic E-state index is 0.243. The number of hydrogen-bond acceptors (Lipinski definition) is 7. The summed E-state index contributed by atoms with van der Waals surface area (Å²) in [4.78, 5) is 17.3. The number of hydrogen-bond donors (Lipinski definition) is 3. The summed E-state index contributed by atoms with van der Waals surface area (Å²) in [5.74, 6) is 3.28. The van der Waals surface area contributed by atoms with Crippen molar-refractivity contribution in [2.75, 3.05) is 43.4 Å². The number of nitrogens with zero attached hydrogens (tertiary/aromatic N) is 5. The van der Waals surface area contributed by atoms with Crippen LogP contribution in [-0.4, -0.2) is 63.3 Å². The molecule has 2 aliphatic rings. The lowest BCUT2D eigenvalue weighted by Crippen LogP contribution is -2.44. The van der Waals surface area contributed by atoms with Crippen LogP contribution < -0.4 is 15.0 Å². The Balaban J connectivity index is 1.31. The first-order valence-electron chi connectivity index (χ1n) is 12.1. The predicted octanol–water partition coefficient (Wildman–Crippen LogP) is 5.20. The van der Waals surface area contributed by atoms with Gasteiger partial charge in [0.25, 0.3) is 0 Å². The first-order chi connectivity index (χ1) is 17.0. The number of anilines is 3. The van der Waals surface area contributed by atoms with Crippen molar-refractivity contribution in [2.45, 2.75) is 32.1 Å². The van der Waals surface area contributed by atoms with Gasteiger partial charge in [-0.05, 0) is 45.0 Å². The van der Waals surface area contributed by atoms with Gasteiger partial charge in [0.1, 0.15) is 17.4 Å². The van der Waals surface area contributed by atoms with E-state index in [1.807, 2.05) is 31.2 Å². The van der Waals surface area contributed by atoms with Gasteiger partial charge in [0, 0.05) is 66.5 Å². The zero-order valence-electron chi connectivity index (χ0n) is 19.9. The number of likely N-dealkylation sites (N-methyl/N-ethyl adjacent to an activating group) is 1. The smallest absolute Gasteiger partial charge is 0.325 e. The molecule has 1 aliphatic heterocycles. The van der Waals surface area contributed by atoms with Gasteiger partial charge in [-0.3, -0.25) is 5.10 Å². The molecule has 3 aromatic heterocycles. The highest BCUT2D eigenvalue weighted by Crippen LogP contribution is 2.37. The number of aromatic amines is 2. The second kappa shape index (κ2) is 9.05. The molecule has 35 heavy (non-hydrogen) atoms. The standard InChI is InChI=1S/C25H29ClN8O/c1-15-12-17-18(27-15)6-7-20(24(17)26)35-25-29-21(14-23(30-25)34-10-8-33(2)9-11-34)28-22-13-19(31-32-22)16-4-3-5-16/h6-7,12-14,16,27H,3-5,8-11H2,1-2H3,(H2,28,29,30,31,32). The lowest BCUT2D eigenvalue weighted by Gasteiger charge is -2.33. The van der Waals surface area contributed by atoms with Crippen LogP contribution in [-0.2, 0) is 0 Å². The molecule has 1 aromatic carbocycles. The van der Waals surface area contributed by atoms with Crippen molar-refractivity contribution in [3.63, 3.8) is 0 Å². The van der Waals surface area contributed by atoms with Crippen LogP contribution in [0.15, 0.2) is 30.3 Å². The average Bonchev–Trinajstić information content (AvgIpc) is 3.41. The van der Waals surface area contributed by atoms with Crippen molar-refractivity contribution in [3.8, 4) is 11.8 Å². The van der Waals surface area contributed by atoms with Crippen LogP contribution in [0, 0.1) is 6.92 Å². The zero-order chi connectivity index (χ0) is 23.9. The van der Waals surface area contributed by atoms with Gasteiger partial charge in [0.05, 0.1) is 5.02 Å². The third kappa shape index (κ3) is 4.53. The number of aryl methyl sites for hydroxylation is 1. The predicted molar refractivity (Wildman–Crippen MR) is 138 cm³/mol. The third-order valence-corrected chi connectivity index (χ3v) is 7.35. The van der Waals surface area contributed by atoms with Crippen LogP contribution in [0.4, 0.5) is 17.5 Å². The van der Waals surface area contributed by atoms with Crippen LogP contribution in [0.5, 0.6) is 11.8 Å². The number of ether oxygens (including phenoxy) is 1. The normalized spacial score (nSPS) is 17.1. The maximum atomic E-state index is 6.68. The number of rotatable bonds is 6. The quantitative estimate of drug-likeness (QED) is 0.340. The second-order valence-electron chi connectivity index (χ2n) is 9.54. The van der Waals surface area contributed by atoms with E-state index < -0.39 is 0 Å². The molecular formula is C25H29ClN8O. The minimum absolute atomic E-state index is 0.243. The molecule has 10 heteroatoms. The molecule has 0 spiro atoms. The summed E-state index contributed by atoms with van der Waals surface area (Å²) in [7, 11) is 2.14. The number of fused-ring (bicyclic) bond motifs is 1. The molecular weight excluding hydrogens is 464 g/mol. The average molecular weight is 493 g/mol. The second-order valence-corrected chi connectivity index (χ2v) is 9.92. The number of halogens is 1. The first-order valence-corrected chi connectivity index (χ1v) is 12.5. The Labute approximate surface area is 208 Å². The van der Waals surface area contributed by atoms with Crippen LogP contribution in [0.3, 0.4) is 0 Å². The molecule has 0 radical (unpaired) electrons. The fourth-order valence-corrected chi connectivity index (χ4v) is 4.90. The molecule has 1 aliphatic carbocycles. The Morgan fingerprint density at radius 3 is 2.66 bits per heavy atom. The molecule has 6 rings (SSSR count). The summed E-state index contributed by atoms with van der Waals surface area (Å²) in [5, 5.41) is 12.4. The highest BCUT2D eigenvalue weighted by Gasteiger charge is 2.22. The number of H-pyrrole nitrogens is 2. The summed E-state index contributed by atoms with van der Waals surface area (Å²) in [6, 6.07) is 10.1. The maximum Gasteiger partial charge on any atom is 0.325 e. The van der Waals surface area contributed by atoms with E-state index in [0.717, 1.165) is 54.4 Å². The van der Waals surface area contributed by atoms with Crippen molar-refractivity contribution in [3.05, 3.63) is 46.7 Å². The van der Waals surface area contributed by atoms with Gasteiger partial charge in [0.15, 0.2) is 5.82 Å². The lowest BCUT2D eigenvalue weighted by atomic mass is 9.83. The number of aromatic nitrogens is 5. The number of piperazine rings is 1. The Kier molecular flexibility index (Phi) is 5.74. The SMILES string of the molecule is Cc1cc2c(Cl)c(Oc3nc(Nc4cc(C5CCC5)[nH]n4)cc(N4CCN(C)CC4)n3)ccc2[nH]1. The van der Waals surface area contributed by atoms with E-state index >= 15 is 0 Å². The van der Waals surface area contributed by atoms with E-state index in [1.165, 1.54) is 25.0 Å². The molecule has 1 saturated heterocycles. The minimum Gasteiger partial charge on any atom is -0.423 e. The Morgan fingerprint density at radius 2 is 1.89 bits per heavy atom. The van der Waals surface area contributed by atoms with E-state index in [9.17, 15) is 0 Å². The van der Waals surface area contributed by atoms with Crippen molar-refractivity contribution in [1.29, 1.82) is 0 Å². The zero-order valence-corrected chi connectivity index (χ0v) is 20.7. The highest BCUT2D eigenvalue weighted by molar-refractivity contribution is 6.37. The van der Waals surface area contributed by atoms with Crippen molar-refractivity contribution in [1.82, 2.24) is 30.0 Å². The van der Waals surface area contributed by atoms with Crippen LogP contribution in [0.2, 0.25) is 5.02 Å². The molecule has 0 unspecified atom stereocenters. The molecule has 182 valence electrons. The molecule has 0 amide bonds. The van der Waals surface area contributed by atoms with Gasteiger partial charge in [0.2, 0.25) is 0 Å². The topological polar surface area (TPSA) is 98.0 Å².